The van der Waals surface area contributed by atoms with Gasteiger partial charge in [-0.15, -0.1) is 0 Å². The molecule has 0 fully saturated rings. The third kappa shape index (κ3) is 5.01. The van der Waals surface area contributed by atoms with Crippen molar-refractivity contribution < 1.29 is 14.3 Å². The van der Waals surface area contributed by atoms with E-state index in [1.165, 1.54) is 6.07 Å². The third-order valence-corrected chi connectivity index (χ3v) is 5.34. The van der Waals surface area contributed by atoms with Gasteiger partial charge in [-0.2, -0.15) is 0 Å². The zero-order valence-electron chi connectivity index (χ0n) is 17.2. The molecule has 0 atom stereocenters. The van der Waals surface area contributed by atoms with Crippen LogP contribution in [0.25, 0.3) is 22.0 Å². The van der Waals surface area contributed by atoms with Crippen molar-refractivity contribution in [3.63, 3.8) is 0 Å². The maximum atomic E-state index is 13.5. The SMILES string of the molecule is O=C(NCCCCO)c1cccc(-c2ccc3c(ccn3Cc3cccc(F)c3)c2)c1. The van der Waals surface area contributed by atoms with E-state index in [4.69, 9.17) is 5.11 Å². The average Bonchev–Trinajstić information content (AvgIpc) is 3.18. The number of amides is 1. The van der Waals surface area contributed by atoms with Gasteiger partial charge in [-0.05, 0) is 72.0 Å². The van der Waals surface area contributed by atoms with Gasteiger partial charge in [-0.25, -0.2) is 4.39 Å². The predicted molar refractivity (Wildman–Crippen MR) is 122 cm³/mol. The molecule has 0 saturated heterocycles. The number of benzene rings is 3. The molecule has 4 aromatic rings. The Morgan fingerprint density at radius 3 is 2.61 bits per heavy atom. The number of nitrogens with one attached hydrogen (secondary N) is 1. The normalized spacial score (nSPS) is 11.0. The molecule has 31 heavy (non-hydrogen) atoms. The second-order valence-electron chi connectivity index (χ2n) is 7.61. The second-order valence-corrected chi connectivity index (χ2v) is 7.61. The summed E-state index contributed by atoms with van der Waals surface area (Å²) in [5, 5.41) is 12.8. The molecule has 1 amide bonds. The van der Waals surface area contributed by atoms with E-state index in [0.29, 0.717) is 25.1 Å². The van der Waals surface area contributed by atoms with E-state index in [1.807, 2.05) is 36.5 Å². The van der Waals surface area contributed by atoms with Gasteiger partial charge >= 0.3 is 0 Å². The van der Waals surface area contributed by atoms with E-state index in [9.17, 15) is 9.18 Å². The summed E-state index contributed by atoms with van der Waals surface area (Å²) < 4.78 is 15.6. The van der Waals surface area contributed by atoms with Crippen LogP contribution in [0.3, 0.4) is 0 Å². The van der Waals surface area contributed by atoms with Gasteiger partial charge in [0.1, 0.15) is 5.82 Å². The van der Waals surface area contributed by atoms with Crippen LogP contribution >= 0.6 is 0 Å². The third-order valence-electron chi connectivity index (χ3n) is 5.34. The van der Waals surface area contributed by atoms with E-state index >= 15 is 0 Å². The Morgan fingerprint density at radius 2 is 1.77 bits per heavy atom. The summed E-state index contributed by atoms with van der Waals surface area (Å²) in [6.07, 6.45) is 3.44. The lowest BCUT2D eigenvalue weighted by atomic mass is 10.0. The average molecular weight is 416 g/mol. The van der Waals surface area contributed by atoms with Crippen LogP contribution in [-0.2, 0) is 6.54 Å². The van der Waals surface area contributed by atoms with E-state index < -0.39 is 0 Å². The van der Waals surface area contributed by atoms with Crippen LogP contribution in [0.4, 0.5) is 4.39 Å². The molecule has 0 saturated carbocycles. The van der Waals surface area contributed by atoms with Gasteiger partial charge < -0.3 is 15.0 Å². The van der Waals surface area contributed by atoms with Gasteiger partial charge in [-0.3, -0.25) is 4.79 Å². The maximum Gasteiger partial charge on any atom is 0.251 e. The minimum atomic E-state index is -0.228. The molecule has 0 unspecified atom stereocenters. The molecule has 1 aromatic heterocycles. The molecule has 0 aliphatic heterocycles. The molecule has 3 aromatic carbocycles. The molecule has 0 aliphatic rings. The number of aliphatic hydroxyl groups is 1. The van der Waals surface area contributed by atoms with Crippen molar-refractivity contribution in [2.45, 2.75) is 19.4 Å². The standard InChI is InChI=1S/C26H25FN2O2/c27-24-8-3-5-19(15-24)18-29-13-11-22-16-21(9-10-25(22)29)20-6-4-7-23(17-20)26(31)28-12-1-2-14-30/h3-11,13,15-17,30H,1-2,12,14,18H2,(H,28,31). The number of unbranched alkanes of at least 4 members (excludes halogenated alkanes) is 1. The van der Waals surface area contributed by atoms with Gasteiger partial charge in [0.15, 0.2) is 0 Å². The topological polar surface area (TPSA) is 54.3 Å². The van der Waals surface area contributed by atoms with Crippen LogP contribution in [0.1, 0.15) is 28.8 Å². The van der Waals surface area contributed by atoms with Crippen LogP contribution in [0.2, 0.25) is 0 Å². The quantitative estimate of drug-likeness (QED) is 0.397. The summed E-state index contributed by atoms with van der Waals surface area (Å²) in [6, 6.07) is 22.5. The second kappa shape index (κ2) is 9.58. The minimum absolute atomic E-state index is 0.109. The number of halogens is 1. The number of nitrogens with zero attached hydrogens (tertiary/aromatic N) is 1. The first-order valence-corrected chi connectivity index (χ1v) is 10.5. The zero-order chi connectivity index (χ0) is 21.6. The first-order valence-electron chi connectivity index (χ1n) is 10.5. The lowest BCUT2D eigenvalue weighted by molar-refractivity contribution is 0.0952. The summed E-state index contributed by atoms with van der Waals surface area (Å²) in [4.78, 5) is 12.4. The van der Waals surface area contributed by atoms with Crippen molar-refractivity contribution in [3.05, 3.63) is 95.9 Å². The molecule has 4 rings (SSSR count). The Morgan fingerprint density at radius 1 is 0.935 bits per heavy atom. The van der Waals surface area contributed by atoms with Gasteiger partial charge in [0.05, 0.1) is 0 Å². The molecule has 4 nitrogen and oxygen atoms in total. The lowest BCUT2D eigenvalue weighted by Crippen LogP contribution is -2.24. The molecule has 0 aliphatic carbocycles. The number of hydrogen-bond acceptors (Lipinski definition) is 2. The first-order chi connectivity index (χ1) is 15.1. The number of carbonyl (C=O) groups is 1. The van der Waals surface area contributed by atoms with Crippen LogP contribution in [-0.4, -0.2) is 28.7 Å². The first kappa shape index (κ1) is 20.8. The number of aliphatic hydroxyl groups excluding tert-OH is 1. The van der Waals surface area contributed by atoms with E-state index in [1.54, 1.807) is 18.2 Å². The molecular formula is C26H25FN2O2. The number of fused-ring (bicyclic) bond motifs is 1. The minimum Gasteiger partial charge on any atom is -0.396 e. The van der Waals surface area contributed by atoms with Crippen molar-refractivity contribution in [2.75, 3.05) is 13.2 Å². The zero-order valence-corrected chi connectivity index (χ0v) is 17.2. The fourth-order valence-corrected chi connectivity index (χ4v) is 3.73. The number of aromatic nitrogens is 1. The highest BCUT2D eigenvalue weighted by molar-refractivity contribution is 5.96. The molecule has 1 heterocycles. The van der Waals surface area contributed by atoms with Crippen LogP contribution in [0.5, 0.6) is 0 Å². The summed E-state index contributed by atoms with van der Waals surface area (Å²) in [5.74, 6) is -0.337. The van der Waals surface area contributed by atoms with Gasteiger partial charge in [0, 0.05) is 42.4 Å². The molecule has 0 radical (unpaired) electrons. The van der Waals surface area contributed by atoms with E-state index in [0.717, 1.165) is 34.0 Å². The predicted octanol–water partition coefficient (Wildman–Crippen LogP) is 5.00. The maximum absolute atomic E-state index is 13.5. The summed E-state index contributed by atoms with van der Waals surface area (Å²) in [7, 11) is 0. The highest BCUT2D eigenvalue weighted by Gasteiger charge is 2.09. The van der Waals surface area contributed by atoms with Gasteiger partial charge in [0.25, 0.3) is 5.91 Å². The lowest BCUT2D eigenvalue weighted by Gasteiger charge is -2.09. The van der Waals surface area contributed by atoms with Crippen molar-refractivity contribution in [1.29, 1.82) is 0 Å². The highest BCUT2D eigenvalue weighted by atomic mass is 19.1. The fraction of sp³-hybridized carbons (Fsp3) is 0.192. The van der Waals surface area contributed by atoms with Crippen molar-refractivity contribution in [3.8, 4) is 11.1 Å². The van der Waals surface area contributed by atoms with Gasteiger partial charge in [-0.1, -0.05) is 30.3 Å². The van der Waals surface area contributed by atoms with Crippen molar-refractivity contribution in [2.24, 2.45) is 0 Å². The molecular weight excluding hydrogens is 391 g/mol. The van der Waals surface area contributed by atoms with Crippen molar-refractivity contribution in [1.82, 2.24) is 9.88 Å². The van der Waals surface area contributed by atoms with Crippen LogP contribution in [0.15, 0.2) is 79.0 Å². The largest absolute Gasteiger partial charge is 0.396 e. The Labute approximate surface area is 181 Å². The van der Waals surface area contributed by atoms with E-state index in [2.05, 4.69) is 28.1 Å². The summed E-state index contributed by atoms with van der Waals surface area (Å²) in [6.45, 7) is 1.29. The highest BCUT2D eigenvalue weighted by Crippen LogP contribution is 2.26. The number of rotatable bonds is 8. The van der Waals surface area contributed by atoms with Crippen LogP contribution < -0.4 is 5.32 Å². The molecule has 2 N–H and O–H groups in total. The molecule has 158 valence electrons. The Kier molecular flexibility index (Phi) is 6.43. The Bertz CT molecular complexity index is 1200. The van der Waals surface area contributed by atoms with Gasteiger partial charge in [0.2, 0.25) is 0 Å². The van der Waals surface area contributed by atoms with Crippen molar-refractivity contribution >= 4 is 16.8 Å². The fourth-order valence-electron chi connectivity index (χ4n) is 3.73. The Balaban J connectivity index is 1.53. The van der Waals surface area contributed by atoms with Crippen LogP contribution in [0, 0.1) is 5.82 Å². The smallest absolute Gasteiger partial charge is 0.251 e. The summed E-state index contributed by atoms with van der Waals surface area (Å²) >= 11 is 0. The van der Waals surface area contributed by atoms with E-state index in [-0.39, 0.29) is 18.3 Å². The molecule has 0 spiro atoms. The molecule has 0 bridgehead atoms. The Hall–Kier alpha value is -3.44. The number of hydrogen-bond donors (Lipinski definition) is 2. The molecule has 5 heteroatoms. The number of carbonyl (C=O) groups excluding carboxylic acids is 1. The monoisotopic (exact) mass is 416 g/mol. The summed E-state index contributed by atoms with van der Waals surface area (Å²) in [5.41, 5.74) is 4.61.